The maximum absolute atomic E-state index is 12.9. The van der Waals surface area contributed by atoms with Crippen LogP contribution in [0.4, 0.5) is 18.9 Å². The normalized spacial score (nSPS) is 11.9. The summed E-state index contributed by atoms with van der Waals surface area (Å²) in [6.07, 6.45) is -4.70. The molecule has 0 aliphatic carbocycles. The molecule has 0 heterocycles. The van der Waals surface area contributed by atoms with Crippen LogP contribution >= 0.6 is 11.6 Å². The second-order valence-electron chi connectivity index (χ2n) is 6.02. The van der Waals surface area contributed by atoms with E-state index in [2.05, 4.69) is 4.72 Å². The maximum Gasteiger partial charge on any atom is 0.416 e. The Morgan fingerprint density at radius 3 is 2.24 bits per heavy atom. The first-order valence-electron chi connectivity index (χ1n) is 8.17. The Balaban J connectivity index is 2.02. The summed E-state index contributed by atoms with van der Waals surface area (Å²) < 4.78 is 66.3. The topological polar surface area (TPSA) is 63.2 Å². The van der Waals surface area contributed by atoms with Crippen molar-refractivity contribution in [2.75, 3.05) is 4.72 Å². The van der Waals surface area contributed by atoms with Crippen LogP contribution in [0.5, 0.6) is 0 Å². The van der Waals surface area contributed by atoms with Crippen molar-refractivity contribution < 1.29 is 26.4 Å². The molecule has 29 heavy (non-hydrogen) atoms. The number of hydrogen-bond acceptors (Lipinski definition) is 3. The van der Waals surface area contributed by atoms with Crippen molar-refractivity contribution in [3.8, 4) is 0 Å². The minimum atomic E-state index is -4.70. The molecule has 0 saturated heterocycles. The summed E-state index contributed by atoms with van der Waals surface area (Å²) in [6, 6.07) is 15.4. The molecule has 0 unspecified atom stereocenters. The summed E-state index contributed by atoms with van der Waals surface area (Å²) in [5.41, 5.74) is -0.915. The third kappa shape index (κ3) is 4.78. The lowest BCUT2D eigenvalue weighted by molar-refractivity contribution is -0.137. The highest BCUT2D eigenvalue weighted by Crippen LogP contribution is 2.31. The van der Waals surface area contributed by atoms with Gasteiger partial charge in [-0.15, -0.1) is 0 Å². The van der Waals surface area contributed by atoms with Gasteiger partial charge in [-0.1, -0.05) is 48.0 Å². The first-order valence-corrected chi connectivity index (χ1v) is 10.0. The minimum Gasteiger partial charge on any atom is -0.289 e. The molecule has 3 aromatic rings. The molecule has 0 fully saturated rings. The number of hydrogen-bond donors (Lipinski definition) is 1. The molecule has 0 aromatic heterocycles. The molecular formula is C20H13ClF3NO3S. The zero-order chi connectivity index (χ0) is 21.2. The van der Waals surface area contributed by atoms with Crippen LogP contribution in [0.3, 0.4) is 0 Å². The van der Waals surface area contributed by atoms with Crippen LogP contribution in [-0.4, -0.2) is 14.2 Å². The minimum absolute atomic E-state index is 0.0103. The van der Waals surface area contributed by atoms with Crippen LogP contribution in [0, 0.1) is 0 Å². The molecule has 0 spiro atoms. The van der Waals surface area contributed by atoms with Gasteiger partial charge in [-0.05, 0) is 36.4 Å². The Kier molecular flexibility index (Phi) is 5.68. The predicted molar refractivity (Wildman–Crippen MR) is 104 cm³/mol. The first kappa shape index (κ1) is 20.9. The van der Waals surface area contributed by atoms with Gasteiger partial charge >= 0.3 is 6.18 Å². The fourth-order valence-electron chi connectivity index (χ4n) is 2.59. The van der Waals surface area contributed by atoms with Crippen molar-refractivity contribution >= 4 is 33.1 Å². The Morgan fingerprint density at radius 2 is 1.59 bits per heavy atom. The molecule has 4 nitrogen and oxygen atoms in total. The number of alkyl halides is 3. The number of rotatable bonds is 5. The van der Waals surface area contributed by atoms with Crippen molar-refractivity contribution in [2.24, 2.45) is 0 Å². The Labute approximate surface area is 170 Å². The van der Waals surface area contributed by atoms with Crippen LogP contribution in [0.2, 0.25) is 5.02 Å². The van der Waals surface area contributed by atoms with Crippen LogP contribution in [-0.2, 0) is 16.2 Å². The lowest BCUT2D eigenvalue weighted by Crippen LogP contribution is -2.17. The van der Waals surface area contributed by atoms with E-state index in [1.807, 2.05) is 0 Å². The molecular weight excluding hydrogens is 427 g/mol. The van der Waals surface area contributed by atoms with Crippen molar-refractivity contribution in [3.63, 3.8) is 0 Å². The average Bonchev–Trinajstić information content (AvgIpc) is 2.67. The van der Waals surface area contributed by atoms with Crippen LogP contribution in [0.1, 0.15) is 21.5 Å². The fourth-order valence-corrected chi connectivity index (χ4v) is 3.88. The number of carbonyl (C=O) groups excluding carboxylic acids is 1. The summed E-state index contributed by atoms with van der Waals surface area (Å²) >= 11 is 5.93. The molecule has 9 heteroatoms. The summed E-state index contributed by atoms with van der Waals surface area (Å²) in [6.45, 7) is 0. The molecule has 0 atom stereocenters. The molecule has 0 aliphatic rings. The third-order valence-corrected chi connectivity index (χ3v) is 5.58. The van der Waals surface area contributed by atoms with E-state index in [4.69, 9.17) is 11.6 Å². The fraction of sp³-hybridized carbons (Fsp3) is 0.0500. The van der Waals surface area contributed by atoms with Gasteiger partial charge in [0.25, 0.3) is 10.0 Å². The van der Waals surface area contributed by atoms with Gasteiger partial charge < -0.3 is 0 Å². The smallest absolute Gasteiger partial charge is 0.289 e. The number of anilines is 1. The quantitative estimate of drug-likeness (QED) is 0.542. The highest BCUT2D eigenvalue weighted by atomic mass is 35.5. The summed E-state index contributed by atoms with van der Waals surface area (Å²) in [5.74, 6) is -0.469. The standard InChI is InChI=1S/C20H13ClF3NO3S/c21-15-9-10-17(19(26)13-5-2-1-3-6-13)18(12-15)25-29(27,28)16-8-4-7-14(11-16)20(22,23)24/h1-12,25H. The Morgan fingerprint density at radius 1 is 0.897 bits per heavy atom. The second kappa shape index (κ2) is 7.88. The monoisotopic (exact) mass is 439 g/mol. The molecule has 3 rings (SSSR count). The Bertz CT molecular complexity index is 1160. The summed E-state index contributed by atoms with van der Waals surface area (Å²) in [5, 5.41) is 0.149. The number of carbonyl (C=O) groups is 1. The van der Waals surface area contributed by atoms with E-state index < -0.39 is 32.4 Å². The van der Waals surface area contributed by atoms with Crippen LogP contribution in [0.15, 0.2) is 77.7 Å². The van der Waals surface area contributed by atoms with E-state index in [9.17, 15) is 26.4 Å². The lowest BCUT2D eigenvalue weighted by Gasteiger charge is -2.14. The summed E-state index contributed by atoms with van der Waals surface area (Å²) in [7, 11) is -4.41. The van der Waals surface area contributed by atoms with E-state index >= 15 is 0 Å². The van der Waals surface area contributed by atoms with Gasteiger partial charge in [0.15, 0.2) is 5.78 Å². The van der Waals surface area contributed by atoms with E-state index in [0.29, 0.717) is 11.6 Å². The van der Waals surface area contributed by atoms with Gasteiger partial charge in [0, 0.05) is 16.1 Å². The van der Waals surface area contributed by atoms with Gasteiger partial charge in [0.2, 0.25) is 0 Å². The van der Waals surface area contributed by atoms with Gasteiger partial charge in [-0.2, -0.15) is 13.2 Å². The molecule has 1 N–H and O–H groups in total. The first-order chi connectivity index (χ1) is 13.6. The molecule has 0 saturated carbocycles. The molecule has 0 radical (unpaired) electrons. The van der Waals surface area contributed by atoms with Crippen LogP contribution in [0.25, 0.3) is 0 Å². The molecule has 0 bridgehead atoms. The molecule has 0 amide bonds. The SMILES string of the molecule is O=C(c1ccccc1)c1ccc(Cl)cc1NS(=O)(=O)c1cccc(C(F)(F)F)c1. The van der Waals surface area contributed by atoms with Gasteiger partial charge in [0.1, 0.15) is 0 Å². The number of benzene rings is 3. The zero-order valence-electron chi connectivity index (χ0n) is 14.6. The van der Waals surface area contributed by atoms with Crippen LogP contribution < -0.4 is 4.72 Å². The van der Waals surface area contributed by atoms with E-state index in [1.165, 1.54) is 18.2 Å². The van der Waals surface area contributed by atoms with Gasteiger partial charge in [-0.25, -0.2) is 8.42 Å². The van der Waals surface area contributed by atoms with E-state index in [1.54, 1.807) is 30.3 Å². The van der Waals surface area contributed by atoms with E-state index in [-0.39, 0.29) is 16.3 Å². The van der Waals surface area contributed by atoms with Crippen molar-refractivity contribution in [1.82, 2.24) is 0 Å². The molecule has 3 aromatic carbocycles. The third-order valence-electron chi connectivity index (χ3n) is 3.98. The van der Waals surface area contributed by atoms with Crippen molar-refractivity contribution in [3.05, 3.63) is 94.5 Å². The largest absolute Gasteiger partial charge is 0.416 e. The predicted octanol–water partition coefficient (Wildman–Crippen LogP) is 5.39. The number of nitrogens with one attached hydrogen (secondary N) is 1. The summed E-state index contributed by atoms with van der Waals surface area (Å²) in [4.78, 5) is 12.2. The maximum atomic E-state index is 12.9. The number of halogens is 4. The highest BCUT2D eigenvalue weighted by Gasteiger charge is 2.32. The number of sulfonamides is 1. The van der Waals surface area contributed by atoms with Gasteiger partial charge in [-0.3, -0.25) is 9.52 Å². The lowest BCUT2D eigenvalue weighted by atomic mass is 10.0. The average molecular weight is 440 g/mol. The highest BCUT2D eigenvalue weighted by molar-refractivity contribution is 7.92. The molecule has 0 aliphatic heterocycles. The van der Waals surface area contributed by atoms with Crippen molar-refractivity contribution in [2.45, 2.75) is 11.1 Å². The Hall–Kier alpha value is -2.84. The van der Waals surface area contributed by atoms with E-state index in [0.717, 1.165) is 18.2 Å². The second-order valence-corrected chi connectivity index (χ2v) is 8.13. The zero-order valence-corrected chi connectivity index (χ0v) is 16.1. The number of ketones is 1. The van der Waals surface area contributed by atoms with Gasteiger partial charge in [0.05, 0.1) is 16.1 Å². The van der Waals surface area contributed by atoms with Crippen molar-refractivity contribution in [1.29, 1.82) is 0 Å². The molecule has 150 valence electrons.